The number of amides is 1. The first-order chi connectivity index (χ1) is 8.15. The number of rotatable bonds is 0. The summed E-state index contributed by atoms with van der Waals surface area (Å²) in [5.74, 6) is 1.55. The van der Waals surface area contributed by atoms with Gasteiger partial charge in [-0.15, -0.1) is 0 Å². The number of fused-ring (bicyclic) bond motifs is 3. The topological polar surface area (TPSA) is 23.6 Å². The Hall–Kier alpha value is -1.25. The van der Waals surface area contributed by atoms with Gasteiger partial charge in [-0.1, -0.05) is 6.58 Å². The highest BCUT2D eigenvalue weighted by molar-refractivity contribution is 5.94. The molecular weight excluding hydrogens is 212 g/mol. The van der Waals surface area contributed by atoms with Gasteiger partial charge in [0.15, 0.2) is 0 Å². The molecular formula is C14H20N2O. The molecule has 2 atom stereocenters. The number of carbonyl (C=O) groups excluding carboxylic acids is 1. The van der Waals surface area contributed by atoms with Crippen molar-refractivity contribution in [1.82, 2.24) is 9.80 Å². The van der Waals surface area contributed by atoms with Gasteiger partial charge in [0.1, 0.15) is 5.70 Å². The summed E-state index contributed by atoms with van der Waals surface area (Å²) in [5.41, 5.74) is 2.04. The van der Waals surface area contributed by atoms with Crippen LogP contribution >= 0.6 is 0 Å². The molecule has 1 aliphatic carbocycles. The summed E-state index contributed by atoms with van der Waals surface area (Å²) in [6.07, 6.45) is 5.86. The number of hydrogen-bond acceptors (Lipinski definition) is 2. The second-order valence-corrected chi connectivity index (χ2v) is 5.65. The Morgan fingerprint density at radius 1 is 1.35 bits per heavy atom. The summed E-state index contributed by atoms with van der Waals surface area (Å²) in [4.78, 5) is 16.3. The van der Waals surface area contributed by atoms with Gasteiger partial charge < -0.3 is 9.80 Å². The van der Waals surface area contributed by atoms with Gasteiger partial charge in [-0.3, -0.25) is 4.79 Å². The molecule has 3 rings (SSSR count). The highest BCUT2D eigenvalue weighted by Crippen LogP contribution is 2.39. The molecule has 1 saturated heterocycles. The third kappa shape index (κ3) is 1.78. The maximum Gasteiger partial charge on any atom is 0.269 e. The molecule has 2 bridgehead atoms. The summed E-state index contributed by atoms with van der Waals surface area (Å²) in [7, 11) is 1.89. The van der Waals surface area contributed by atoms with Crippen molar-refractivity contribution in [3.8, 4) is 0 Å². The van der Waals surface area contributed by atoms with Crippen LogP contribution in [0.15, 0.2) is 23.9 Å². The third-order valence-electron chi connectivity index (χ3n) is 4.48. The van der Waals surface area contributed by atoms with Crippen molar-refractivity contribution in [3.05, 3.63) is 23.9 Å². The van der Waals surface area contributed by atoms with Crippen molar-refractivity contribution >= 4 is 5.91 Å². The van der Waals surface area contributed by atoms with E-state index < -0.39 is 0 Å². The number of carbonyl (C=O) groups is 1. The standard InChI is InChI=1S/C14H20N2O/c1-10-7-13-14(17)15(2)5-6-16(13)9-11-3-4-12(10)8-11/h7,11-12H,1,3-6,8-9H2,2H3/b13-7-. The monoisotopic (exact) mass is 232 g/mol. The van der Waals surface area contributed by atoms with Crippen LogP contribution in [0.5, 0.6) is 0 Å². The molecule has 2 aliphatic heterocycles. The van der Waals surface area contributed by atoms with E-state index in [1.165, 1.54) is 19.3 Å². The first-order valence-electron chi connectivity index (χ1n) is 6.56. The van der Waals surface area contributed by atoms with Crippen LogP contribution in [-0.2, 0) is 4.79 Å². The molecule has 2 fully saturated rings. The number of nitrogens with zero attached hydrogens (tertiary/aromatic N) is 2. The van der Waals surface area contributed by atoms with E-state index in [0.717, 1.165) is 36.8 Å². The highest BCUT2D eigenvalue weighted by Gasteiger charge is 2.34. The molecule has 0 aromatic carbocycles. The number of hydrogen-bond donors (Lipinski definition) is 0. The van der Waals surface area contributed by atoms with Gasteiger partial charge in [-0.25, -0.2) is 0 Å². The predicted octanol–water partition coefficient (Wildman–Crippen LogP) is 1.63. The van der Waals surface area contributed by atoms with Gasteiger partial charge in [0.25, 0.3) is 5.91 Å². The molecule has 0 aromatic heterocycles. The SMILES string of the molecule is C=C1/C=C2/C(=O)N(C)CCN2CC2CCC1C2. The molecule has 17 heavy (non-hydrogen) atoms. The highest BCUT2D eigenvalue weighted by atomic mass is 16.2. The lowest BCUT2D eigenvalue weighted by Gasteiger charge is -2.38. The van der Waals surface area contributed by atoms with Crippen LogP contribution in [0.25, 0.3) is 0 Å². The minimum atomic E-state index is 0.165. The van der Waals surface area contributed by atoms with Gasteiger partial charge in [0, 0.05) is 26.7 Å². The Morgan fingerprint density at radius 2 is 2.18 bits per heavy atom. The lowest BCUT2D eigenvalue weighted by molar-refractivity contribution is -0.130. The van der Waals surface area contributed by atoms with Crippen LogP contribution in [0, 0.1) is 11.8 Å². The van der Waals surface area contributed by atoms with Crippen LogP contribution in [0.2, 0.25) is 0 Å². The lowest BCUT2D eigenvalue weighted by atomic mass is 9.93. The van der Waals surface area contributed by atoms with E-state index in [4.69, 9.17) is 0 Å². The minimum absolute atomic E-state index is 0.165. The fraction of sp³-hybridized carbons (Fsp3) is 0.643. The van der Waals surface area contributed by atoms with E-state index in [1.807, 2.05) is 18.0 Å². The summed E-state index contributed by atoms with van der Waals surface area (Å²) < 4.78 is 0. The summed E-state index contributed by atoms with van der Waals surface area (Å²) in [5, 5.41) is 0. The van der Waals surface area contributed by atoms with Crippen molar-refractivity contribution in [2.75, 3.05) is 26.7 Å². The summed E-state index contributed by atoms with van der Waals surface area (Å²) in [6.45, 7) is 7.06. The number of allylic oxidation sites excluding steroid dienone is 2. The van der Waals surface area contributed by atoms with Crippen molar-refractivity contribution in [2.45, 2.75) is 19.3 Å². The molecule has 2 unspecified atom stereocenters. The number of piperazine rings is 1. The zero-order valence-corrected chi connectivity index (χ0v) is 10.5. The molecule has 0 aromatic rings. The molecule has 1 saturated carbocycles. The van der Waals surface area contributed by atoms with Crippen LogP contribution in [0.1, 0.15) is 19.3 Å². The first kappa shape index (κ1) is 10.9. The Bertz CT molecular complexity index is 399. The van der Waals surface area contributed by atoms with Crippen molar-refractivity contribution in [1.29, 1.82) is 0 Å². The Kier molecular flexibility index (Phi) is 2.49. The van der Waals surface area contributed by atoms with E-state index in [-0.39, 0.29) is 5.91 Å². The Morgan fingerprint density at radius 3 is 3.00 bits per heavy atom. The molecule has 92 valence electrons. The molecule has 3 aliphatic rings. The van der Waals surface area contributed by atoms with Crippen molar-refractivity contribution in [3.63, 3.8) is 0 Å². The Labute approximate surface area is 103 Å². The van der Waals surface area contributed by atoms with E-state index in [1.54, 1.807) is 0 Å². The molecule has 2 heterocycles. The maximum atomic E-state index is 12.2. The average Bonchev–Trinajstić information content (AvgIpc) is 2.76. The largest absolute Gasteiger partial charge is 0.365 e. The van der Waals surface area contributed by atoms with Crippen molar-refractivity contribution in [2.24, 2.45) is 11.8 Å². The quantitative estimate of drug-likeness (QED) is 0.634. The minimum Gasteiger partial charge on any atom is -0.365 e. The van der Waals surface area contributed by atoms with Crippen LogP contribution in [-0.4, -0.2) is 42.4 Å². The first-order valence-corrected chi connectivity index (χ1v) is 6.56. The van der Waals surface area contributed by atoms with Crippen LogP contribution in [0.3, 0.4) is 0 Å². The Balaban J connectivity index is 1.95. The average molecular weight is 232 g/mol. The zero-order valence-electron chi connectivity index (χ0n) is 10.5. The molecule has 3 heteroatoms. The zero-order chi connectivity index (χ0) is 12.0. The number of likely N-dealkylation sites (N-methyl/N-ethyl adjacent to an activating group) is 1. The second-order valence-electron chi connectivity index (χ2n) is 5.65. The maximum absolute atomic E-state index is 12.2. The summed E-state index contributed by atoms with van der Waals surface area (Å²) >= 11 is 0. The second kappa shape index (κ2) is 3.90. The van der Waals surface area contributed by atoms with Crippen molar-refractivity contribution < 1.29 is 4.79 Å². The lowest BCUT2D eigenvalue weighted by Crippen LogP contribution is -2.48. The van der Waals surface area contributed by atoms with Crippen LogP contribution in [0.4, 0.5) is 0 Å². The van der Waals surface area contributed by atoms with E-state index in [9.17, 15) is 4.79 Å². The van der Waals surface area contributed by atoms with E-state index in [0.29, 0.717) is 5.92 Å². The molecule has 0 radical (unpaired) electrons. The predicted molar refractivity (Wildman–Crippen MR) is 67.3 cm³/mol. The van der Waals surface area contributed by atoms with E-state index in [2.05, 4.69) is 11.5 Å². The van der Waals surface area contributed by atoms with Gasteiger partial charge in [-0.2, -0.15) is 0 Å². The van der Waals surface area contributed by atoms with Gasteiger partial charge in [-0.05, 0) is 42.7 Å². The molecule has 1 amide bonds. The van der Waals surface area contributed by atoms with Gasteiger partial charge in [0.2, 0.25) is 0 Å². The normalized spacial score (nSPS) is 36.2. The fourth-order valence-corrected chi connectivity index (χ4v) is 3.35. The van der Waals surface area contributed by atoms with Gasteiger partial charge >= 0.3 is 0 Å². The fourth-order valence-electron chi connectivity index (χ4n) is 3.35. The molecule has 0 N–H and O–H groups in total. The summed E-state index contributed by atoms with van der Waals surface area (Å²) in [6, 6.07) is 0. The smallest absolute Gasteiger partial charge is 0.269 e. The van der Waals surface area contributed by atoms with Crippen LogP contribution < -0.4 is 0 Å². The molecule has 3 nitrogen and oxygen atoms in total. The van der Waals surface area contributed by atoms with E-state index >= 15 is 0 Å². The molecule has 0 spiro atoms. The van der Waals surface area contributed by atoms with Gasteiger partial charge in [0.05, 0.1) is 0 Å². The third-order valence-corrected chi connectivity index (χ3v) is 4.48.